The van der Waals surface area contributed by atoms with Crippen molar-refractivity contribution in [1.29, 1.82) is 0 Å². The Bertz CT molecular complexity index is 677. The van der Waals surface area contributed by atoms with Crippen LogP contribution in [0.5, 0.6) is 11.5 Å². The van der Waals surface area contributed by atoms with Crippen LogP contribution >= 0.6 is 31.9 Å². The highest BCUT2D eigenvalue weighted by molar-refractivity contribution is 9.10. The first-order chi connectivity index (χ1) is 9.52. The molecule has 0 saturated heterocycles. The number of benzene rings is 2. The molecule has 0 amide bonds. The molecule has 0 bridgehead atoms. The largest absolute Gasteiger partial charge is 0.455 e. The van der Waals surface area contributed by atoms with Gasteiger partial charge in [-0.05, 0) is 56.1 Å². The van der Waals surface area contributed by atoms with Crippen molar-refractivity contribution in [3.05, 3.63) is 56.7 Å². The molecular formula is C13H9Br2FN2O2. The number of hydrogen-bond acceptors (Lipinski definition) is 3. The van der Waals surface area contributed by atoms with Gasteiger partial charge in [0.05, 0.1) is 10.0 Å². The zero-order chi connectivity index (χ0) is 14.7. The molecule has 3 N–H and O–H groups in total. The van der Waals surface area contributed by atoms with Crippen molar-refractivity contribution in [2.45, 2.75) is 0 Å². The number of halogens is 3. The van der Waals surface area contributed by atoms with Gasteiger partial charge in [-0.3, -0.25) is 0 Å². The van der Waals surface area contributed by atoms with Crippen molar-refractivity contribution in [2.24, 2.45) is 10.9 Å². The first-order valence-electron chi connectivity index (χ1n) is 5.42. The first-order valence-corrected chi connectivity index (χ1v) is 7.01. The summed E-state index contributed by atoms with van der Waals surface area (Å²) in [5.41, 5.74) is 6.00. The van der Waals surface area contributed by atoms with E-state index < -0.39 is 5.82 Å². The predicted molar refractivity (Wildman–Crippen MR) is 80.8 cm³/mol. The van der Waals surface area contributed by atoms with Gasteiger partial charge in [0.1, 0.15) is 17.3 Å². The van der Waals surface area contributed by atoms with Crippen molar-refractivity contribution in [3.63, 3.8) is 0 Å². The first kappa shape index (κ1) is 14.8. The molecule has 0 heterocycles. The van der Waals surface area contributed by atoms with E-state index in [-0.39, 0.29) is 11.6 Å². The number of hydrogen-bond donors (Lipinski definition) is 2. The second-order valence-corrected chi connectivity index (χ2v) is 5.48. The number of nitrogens with zero attached hydrogens (tertiary/aromatic N) is 1. The maximum Gasteiger partial charge on any atom is 0.175 e. The van der Waals surface area contributed by atoms with Gasteiger partial charge in [-0.25, -0.2) is 4.39 Å². The Morgan fingerprint density at radius 2 is 1.90 bits per heavy atom. The van der Waals surface area contributed by atoms with Crippen LogP contribution in [-0.4, -0.2) is 11.0 Å². The molecule has 0 radical (unpaired) electrons. The van der Waals surface area contributed by atoms with Gasteiger partial charge in [-0.2, -0.15) is 0 Å². The normalized spacial score (nSPS) is 11.4. The van der Waals surface area contributed by atoms with Crippen LogP contribution in [0.15, 0.2) is 50.5 Å². The van der Waals surface area contributed by atoms with E-state index in [9.17, 15) is 4.39 Å². The Morgan fingerprint density at radius 1 is 1.15 bits per heavy atom. The van der Waals surface area contributed by atoms with Crippen LogP contribution in [0, 0.1) is 5.82 Å². The lowest BCUT2D eigenvalue weighted by Gasteiger charge is -2.13. The zero-order valence-corrected chi connectivity index (χ0v) is 13.2. The average molecular weight is 404 g/mol. The third-order valence-electron chi connectivity index (χ3n) is 2.45. The Labute approximate surface area is 131 Å². The van der Waals surface area contributed by atoms with Crippen LogP contribution in [0.3, 0.4) is 0 Å². The van der Waals surface area contributed by atoms with E-state index in [0.29, 0.717) is 20.3 Å². The van der Waals surface area contributed by atoms with Crippen LogP contribution in [-0.2, 0) is 0 Å². The summed E-state index contributed by atoms with van der Waals surface area (Å²) in [6.45, 7) is 0. The van der Waals surface area contributed by atoms with Gasteiger partial charge in [0.25, 0.3) is 0 Å². The molecule has 4 nitrogen and oxygen atoms in total. The molecule has 0 spiro atoms. The monoisotopic (exact) mass is 402 g/mol. The summed E-state index contributed by atoms with van der Waals surface area (Å²) in [6.07, 6.45) is 0. The highest BCUT2D eigenvalue weighted by Crippen LogP contribution is 2.34. The van der Waals surface area contributed by atoms with Crippen LogP contribution in [0.25, 0.3) is 0 Å². The van der Waals surface area contributed by atoms with Crippen molar-refractivity contribution in [2.75, 3.05) is 0 Å². The van der Waals surface area contributed by atoms with Crippen LogP contribution < -0.4 is 10.5 Å². The van der Waals surface area contributed by atoms with E-state index in [2.05, 4.69) is 37.0 Å². The van der Waals surface area contributed by atoms with Crippen LogP contribution in [0.4, 0.5) is 4.39 Å². The average Bonchev–Trinajstić information content (AvgIpc) is 2.42. The minimum atomic E-state index is -0.427. The van der Waals surface area contributed by atoms with E-state index in [0.717, 1.165) is 0 Å². The molecule has 20 heavy (non-hydrogen) atoms. The fourth-order valence-electron chi connectivity index (χ4n) is 1.56. The summed E-state index contributed by atoms with van der Waals surface area (Å²) in [7, 11) is 0. The molecule has 0 aliphatic heterocycles. The summed E-state index contributed by atoms with van der Waals surface area (Å²) < 4.78 is 20.1. The molecule has 104 valence electrons. The molecular weight excluding hydrogens is 395 g/mol. The lowest BCUT2D eigenvalue weighted by molar-refractivity contribution is 0.318. The summed E-state index contributed by atoms with van der Waals surface area (Å²) in [5.74, 6) is 0.0830. The summed E-state index contributed by atoms with van der Waals surface area (Å²) in [4.78, 5) is 0. The molecule has 0 aliphatic carbocycles. The molecule has 7 heteroatoms. The Hall–Kier alpha value is -1.60. The fourth-order valence-corrected chi connectivity index (χ4v) is 2.44. The van der Waals surface area contributed by atoms with E-state index >= 15 is 0 Å². The maximum atomic E-state index is 13.3. The minimum absolute atomic E-state index is 0.111. The van der Waals surface area contributed by atoms with Crippen LogP contribution in [0.2, 0.25) is 0 Å². The summed E-state index contributed by atoms with van der Waals surface area (Å²) in [6, 6.07) is 9.16. The zero-order valence-electron chi connectivity index (χ0n) is 9.98. The summed E-state index contributed by atoms with van der Waals surface area (Å²) in [5, 5.41) is 11.8. The highest BCUT2D eigenvalue weighted by Gasteiger charge is 2.14. The van der Waals surface area contributed by atoms with Gasteiger partial charge in [0.2, 0.25) is 0 Å². The molecule has 0 saturated carbocycles. The molecule has 2 aromatic rings. The van der Waals surface area contributed by atoms with Crippen molar-refractivity contribution in [3.8, 4) is 11.5 Å². The minimum Gasteiger partial charge on any atom is -0.455 e. The van der Waals surface area contributed by atoms with E-state index in [1.54, 1.807) is 18.2 Å². The molecule has 2 rings (SSSR count). The summed E-state index contributed by atoms with van der Waals surface area (Å²) >= 11 is 6.57. The van der Waals surface area contributed by atoms with Gasteiger partial charge in [-0.15, -0.1) is 0 Å². The second-order valence-electron chi connectivity index (χ2n) is 3.78. The van der Waals surface area contributed by atoms with Gasteiger partial charge >= 0.3 is 0 Å². The number of ether oxygens (including phenoxy) is 1. The number of nitrogens with two attached hydrogens (primary N) is 1. The van der Waals surface area contributed by atoms with Gasteiger partial charge in [0, 0.05) is 10.5 Å². The third kappa shape index (κ3) is 3.10. The predicted octanol–water partition coefficient (Wildman–Crippen LogP) is 4.24. The van der Waals surface area contributed by atoms with E-state index in [1.165, 1.54) is 18.2 Å². The lowest BCUT2D eigenvalue weighted by atomic mass is 10.2. The number of oxime groups is 1. The Morgan fingerprint density at radius 3 is 2.60 bits per heavy atom. The van der Waals surface area contributed by atoms with Crippen molar-refractivity contribution < 1.29 is 14.3 Å². The molecule has 0 aromatic heterocycles. The van der Waals surface area contributed by atoms with Gasteiger partial charge < -0.3 is 15.7 Å². The molecule has 2 aromatic carbocycles. The second kappa shape index (κ2) is 6.23. The maximum absolute atomic E-state index is 13.3. The number of amidine groups is 1. The molecule has 0 aliphatic rings. The van der Waals surface area contributed by atoms with E-state index in [1.807, 2.05) is 0 Å². The van der Waals surface area contributed by atoms with Crippen molar-refractivity contribution in [1.82, 2.24) is 0 Å². The lowest BCUT2D eigenvalue weighted by Crippen LogP contribution is -2.15. The fraction of sp³-hybridized carbons (Fsp3) is 0. The molecule has 0 unspecified atom stereocenters. The number of rotatable bonds is 3. The van der Waals surface area contributed by atoms with Gasteiger partial charge in [0.15, 0.2) is 5.84 Å². The van der Waals surface area contributed by atoms with Crippen molar-refractivity contribution >= 4 is 37.7 Å². The standard InChI is InChI=1S/C13H9Br2FN2O2/c14-8-5-4-7(16)6-11(8)20-10-3-1-2-9(15)12(10)13(17)18-19/h1-6,19H,(H2,17,18). The Balaban J connectivity index is 2.49. The Kier molecular flexibility index (Phi) is 4.61. The smallest absolute Gasteiger partial charge is 0.175 e. The third-order valence-corrected chi connectivity index (χ3v) is 3.77. The SMILES string of the molecule is N/C(=N/O)c1c(Br)cccc1Oc1cc(F)ccc1Br. The quantitative estimate of drug-likeness (QED) is 0.348. The van der Waals surface area contributed by atoms with Crippen LogP contribution in [0.1, 0.15) is 5.56 Å². The van der Waals surface area contributed by atoms with Gasteiger partial charge in [-0.1, -0.05) is 11.2 Å². The van der Waals surface area contributed by atoms with E-state index in [4.69, 9.17) is 15.7 Å². The molecule has 0 atom stereocenters. The molecule has 0 fully saturated rings. The highest BCUT2D eigenvalue weighted by atomic mass is 79.9. The topological polar surface area (TPSA) is 67.8 Å².